The van der Waals surface area contributed by atoms with Gasteiger partial charge < -0.3 is 9.32 Å². The number of anilines is 3. The van der Waals surface area contributed by atoms with E-state index in [1.54, 1.807) is 0 Å². The lowest BCUT2D eigenvalue weighted by atomic mass is 9.93. The normalized spacial score (nSPS) is 11.7. The molecule has 12 aromatic rings. The van der Waals surface area contributed by atoms with E-state index in [4.69, 9.17) is 4.42 Å². The van der Waals surface area contributed by atoms with Crippen LogP contribution in [0.3, 0.4) is 0 Å². The van der Waals surface area contributed by atoms with Gasteiger partial charge in [-0.25, -0.2) is 0 Å². The Morgan fingerprint density at radius 1 is 0.322 bits per heavy atom. The van der Waals surface area contributed by atoms with E-state index in [2.05, 4.69) is 217 Å². The van der Waals surface area contributed by atoms with E-state index in [-0.39, 0.29) is 0 Å². The van der Waals surface area contributed by atoms with Crippen molar-refractivity contribution in [1.82, 2.24) is 0 Å². The quantitative estimate of drug-likeness (QED) is 0.157. The van der Waals surface area contributed by atoms with Crippen molar-refractivity contribution in [3.05, 3.63) is 212 Å². The van der Waals surface area contributed by atoms with Gasteiger partial charge in [0.2, 0.25) is 0 Å². The van der Waals surface area contributed by atoms with Gasteiger partial charge in [-0.3, -0.25) is 0 Å². The molecule has 276 valence electrons. The molecule has 0 unspecified atom stereocenters. The summed E-state index contributed by atoms with van der Waals surface area (Å²) < 4.78 is 9.62. The van der Waals surface area contributed by atoms with Crippen LogP contribution in [0.4, 0.5) is 17.1 Å². The number of rotatable bonds is 6. The predicted molar refractivity (Wildman–Crippen MR) is 253 cm³/mol. The van der Waals surface area contributed by atoms with Crippen LogP contribution >= 0.6 is 11.3 Å². The third-order valence-corrected chi connectivity index (χ3v) is 13.0. The van der Waals surface area contributed by atoms with E-state index in [0.717, 1.165) is 50.1 Å². The molecule has 0 aliphatic carbocycles. The molecular formula is C56H35NOS. The van der Waals surface area contributed by atoms with Crippen molar-refractivity contribution in [2.45, 2.75) is 0 Å². The lowest BCUT2D eigenvalue weighted by molar-refractivity contribution is 0.670. The van der Waals surface area contributed by atoms with Crippen molar-refractivity contribution in [2.24, 2.45) is 0 Å². The number of furan rings is 1. The Balaban J connectivity index is 1.01. The first-order chi connectivity index (χ1) is 29.2. The molecule has 0 fully saturated rings. The molecular weight excluding hydrogens is 735 g/mol. The molecule has 0 saturated carbocycles. The molecule has 0 bridgehead atoms. The maximum absolute atomic E-state index is 6.99. The van der Waals surface area contributed by atoms with E-state index in [9.17, 15) is 0 Å². The Kier molecular flexibility index (Phi) is 7.75. The largest absolute Gasteiger partial charge is 0.453 e. The summed E-state index contributed by atoms with van der Waals surface area (Å²) in [5.74, 6) is 0. The third kappa shape index (κ3) is 5.55. The minimum absolute atomic E-state index is 0.856. The van der Waals surface area contributed by atoms with Gasteiger partial charge in [-0.05, 0) is 97.9 Å². The first-order valence-corrected chi connectivity index (χ1v) is 20.9. The molecule has 2 heterocycles. The molecule has 3 heteroatoms. The minimum atomic E-state index is 0.856. The summed E-state index contributed by atoms with van der Waals surface area (Å²) in [5, 5.41) is 9.86. The van der Waals surface area contributed by atoms with Gasteiger partial charge in [0, 0.05) is 47.9 Å². The van der Waals surface area contributed by atoms with E-state index in [1.165, 1.54) is 64.0 Å². The van der Waals surface area contributed by atoms with E-state index in [1.807, 2.05) is 11.3 Å². The van der Waals surface area contributed by atoms with Crippen LogP contribution in [0, 0.1) is 0 Å². The second kappa shape index (κ2) is 13.6. The first kappa shape index (κ1) is 33.7. The molecule has 0 saturated heterocycles. The first-order valence-electron chi connectivity index (χ1n) is 20.1. The van der Waals surface area contributed by atoms with Crippen LogP contribution in [-0.2, 0) is 0 Å². The number of para-hydroxylation sites is 2. The maximum Gasteiger partial charge on any atom is 0.159 e. The number of thiophene rings is 1. The number of fused-ring (bicyclic) bond motifs is 9. The van der Waals surface area contributed by atoms with Crippen molar-refractivity contribution >= 4 is 92.1 Å². The SMILES string of the molecule is c1ccc(-c2cccc3c2oc2c(N(c4ccc(-c5ccc6c(c5)sc5ccccc56)cc4)c4ccc(-c5cc6ccccc6c6ccccc56)cc4)cccc23)cc1. The van der Waals surface area contributed by atoms with Gasteiger partial charge in [0.1, 0.15) is 5.58 Å². The van der Waals surface area contributed by atoms with Crippen LogP contribution in [-0.4, -0.2) is 0 Å². The van der Waals surface area contributed by atoms with Crippen LogP contribution < -0.4 is 4.90 Å². The zero-order chi connectivity index (χ0) is 38.9. The average Bonchev–Trinajstić information content (AvgIpc) is 3.88. The Morgan fingerprint density at radius 3 is 1.69 bits per heavy atom. The summed E-state index contributed by atoms with van der Waals surface area (Å²) in [4.78, 5) is 2.34. The van der Waals surface area contributed by atoms with Gasteiger partial charge in [0.15, 0.2) is 5.58 Å². The van der Waals surface area contributed by atoms with Crippen molar-refractivity contribution in [3.63, 3.8) is 0 Å². The van der Waals surface area contributed by atoms with Gasteiger partial charge in [-0.1, -0.05) is 164 Å². The van der Waals surface area contributed by atoms with Crippen LogP contribution in [0.25, 0.3) is 97.0 Å². The highest BCUT2D eigenvalue weighted by molar-refractivity contribution is 7.25. The van der Waals surface area contributed by atoms with Crippen molar-refractivity contribution in [2.75, 3.05) is 4.90 Å². The van der Waals surface area contributed by atoms with Gasteiger partial charge in [0.05, 0.1) is 5.69 Å². The van der Waals surface area contributed by atoms with Gasteiger partial charge >= 0.3 is 0 Å². The van der Waals surface area contributed by atoms with Gasteiger partial charge in [-0.15, -0.1) is 11.3 Å². The predicted octanol–water partition coefficient (Wildman–Crippen LogP) is 16.7. The highest BCUT2D eigenvalue weighted by atomic mass is 32.1. The molecule has 0 amide bonds. The average molecular weight is 770 g/mol. The third-order valence-electron chi connectivity index (χ3n) is 11.9. The summed E-state index contributed by atoms with van der Waals surface area (Å²) in [6.07, 6.45) is 0. The maximum atomic E-state index is 6.99. The van der Waals surface area contributed by atoms with Crippen molar-refractivity contribution in [3.8, 4) is 33.4 Å². The molecule has 0 radical (unpaired) electrons. The smallest absolute Gasteiger partial charge is 0.159 e. The Hall–Kier alpha value is -7.46. The molecule has 0 aliphatic rings. The molecule has 0 atom stereocenters. The fraction of sp³-hybridized carbons (Fsp3) is 0. The summed E-state index contributed by atoms with van der Waals surface area (Å²) in [6, 6.07) is 76.8. The fourth-order valence-corrected chi connectivity index (χ4v) is 10.2. The van der Waals surface area contributed by atoms with E-state index in [0.29, 0.717) is 0 Å². The zero-order valence-electron chi connectivity index (χ0n) is 32.0. The lowest BCUT2D eigenvalue weighted by Gasteiger charge is -2.26. The number of benzene rings is 10. The zero-order valence-corrected chi connectivity index (χ0v) is 32.8. The molecule has 10 aromatic carbocycles. The fourth-order valence-electron chi connectivity index (χ4n) is 9.05. The standard InChI is InChI=1S/C56H35NOS/c1-2-12-37(13-3-1)44-19-10-20-49-50-21-11-22-52(56(50)58-55(44)49)57(41-29-24-36(25-30-41)39-28-33-48-47-18-8-9-23-53(47)59-54(48)35-39)42-31-26-38(27-32-42)51-34-40-14-4-5-15-43(40)45-16-6-7-17-46(45)51/h1-35H. The van der Waals surface area contributed by atoms with Crippen molar-refractivity contribution < 1.29 is 4.42 Å². The van der Waals surface area contributed by atoms with Gasteiger partial charge in [-0.2, -0.15) is 0 Å². The molecule has 0 spiro atoms. The van der Waals surface area contributed by atoms with Crippen molar-refractivity contribution in [1.29, 1.82) is 0 Å². The monoisotopic (exact) mass is 769 g/mol. The number of nitrogens with zero attached hydrogens (tertiary/aromatic N) is 1. The van der Waals surface area contributed by atoms with Crippen LogP contribution in [0.15, 0.2) is 217 Å². The number of hydrogen-bond donors (Lipinski definition) is 0. The summed E-state index contributed by atoms with van der Waals surface area (Å²) in [6.45, 7) is 0. The van der Waals surface area contributed by atoms with Crippen LogP contribution in [0.2, 0.25) is 0 Å². The van der Waals surface area contributed by atoms with Crippen LogP contribution in [0.1, 0.15) is 0 Å². The Bertz CT molecular complexity index is 3540. The topological polar surface area (TPSA) is 16.4 Å². The summed E-state index contributed by atoms with van der Waals surface area (Å²) in [7, 11) is 0. The van der Waals surface area contributed by atoms with Gasteiger partial charge in [0.25, 0.3) is 0 Å². The molecule has 0 N–H and O–H groups in total. The number of hydrogen-bond acceptors (Lipinski definition) is 3. The highest BCUT2D eigenvalue weighted by Crippen LogP contribution is 2.45. The Morgan fingerprint density at radius 2 is 0.898 bits per heavy atom. The minimum Gasteiger partial charge on any atom is -0.453 e. The van der Waals surface area contributed by atoms with E-state index < -0.39 is 0 Å². The molecule has 12 rings (SSSR count). The molecule has 2 nitrogen and oxygen atoms in total. The lowest BCUT2D eigenvalue weighted by Crippen LogP contribution is -2.10. The second-order valence-corrected chi connectivity index (χ2v) is 16.3. The molecule has 2 aromatic heterocycles. The molecule has 0 aliphatic heterocycles. The summed E-state index contributed by atoms with van der Waals surface area (Å²) >= 11 is 1.86. The summed E-state index contributed by atoms with van der Waals surface area (Å²) in [5.41, 5.74) is 11.9. The highest BCUT2D eigenvalue weighted by Gasteiger charge is 2.21. The molecule has 59 heavy (non-hydrogen) atoms. The Labute approximate surface area is 345 Å². The second-order valence-electron chi connectivity index (χ2n) is 15.2. The van der Waals surface area contributed by atoms with E-state index >= 15 is 0 Å². The van der Waals surface area contributed by atoms with Crippen LogP contribution in [0.5, 0.6) is 0 Å².